The fraction of sp³-hybridized carbons (Fsp3) is 0. The number of carbonyl (C=O) groups is 2. The van der Waals surface area contributed by atoms with Gasteiger partial charge in [0.15, 0.2) is 0 Å². The van der Waals surface area contributed by atoms with Gasteiger partial charge in [0.05, 0.1) is 16.8 Å². The highest BCUT2D eigenvalue weighted by atomic mass is 16.2. The topological polar surface area (TPSA) is 37.4 Å². The highest BCUT2D eigenvalue weighted by Crippen LogP contribution is 2.32. The van der Waals surface area contributed by atoms with Gasteiger partial charge in [-0.05, 0) is 46.2 Å². The van der Waals surface area contributed by atoms with Crippen molar-refractivity contribution in [3.05, 3.63) is 102 Å². The Hall–Kier alpha value is -3.72. The molecule has 2 amide bonds. The minimum Gasteiger partial charge on any atom is -0.268 e. The number of fused-ring (bicyclic) bond motifs is 2. The van der Waals surface area contributed by atoms with Gasteiger partial charge in [-0.25, -0.2) is 4.90 Å². The number of carbonyl (C=O) groups excluding carboxylic acids is 2. The molecular weight excluding hydrogens is 334 g/mol. The van der Waals surface area contributed by atoms with E-state index in [2.05, 4.69) is 24.3 Å². The summed E-state index contributed by atoms with van der Waals surface area (Å²) in [6.07, 6.45) is 0. The normalized spacial score (nSPS) is 13.3. The molecule has 0 bridgehead atoms. The molecule has 1 heterocycles. The molecule has 0 aromatic heterocycles. The van der Waals surface area contributed by atoms with Crippen LogP contribution in [0.4, 0.5) is 5.69 Å². The molecule has 5 rings (SSSR count). The molecule has 0 aliphatic carbocycles. The average Bonchev–Trinajstić information content (AvgIpc) is 2.98. The van der Waals surface area contributed by atoms with Crippen molar-refractivity contribution in [3.63, 3.8) is 0 Å². The Morgan fingerprint density at radius 2 is 1.07 bits per heavy atom. The molecule has 0 fully saturated rings. The first kappa shape index (κ1) is 15.5. The maximum atomic E-state index is 12.6. The lowest BCUT2D eigenvalue weighted by Gasteiger charge is -2.15. The maximum absolute atomic E-state index is 12.6. The van der Waals surface area contributed by atoms with Crippen molar-refractivity contribution in [2.24, 2.45) is 0 Å². The van der Waals surface area contributed by atoms with E-state index in [1.807, 2.05) is 42.5 Å². The summed E-state index contributed by atoms with van der Waals surface area (Å²) >= 11 is 0. The first-order valence-corrected chi connectivity index (χ1v) is 8.80. The average molecular weight is 349 g/mol. The van der Waals surface area contributed by atoms with E-state index in [0.29, 0.717) is 16.8 Å². The fourth-order valence-electron chi connectivity index (χ4n) is 3.69. The van der Waals surface area contributed by atoms with Crippen LogP contribution in [0, 0.1) is 0 Å². The number of imide groups is 1. The molecular formula is C24H15NO2. The second-order valence-electron chi connectivity index (χ2n) is 6.56. The van der Waals surface area contributed by atoms with Crippen LogP contribution in [0.15, 0.2) is 91.0 Å². The predicted octanol–water partition coefficient (Wildman–Crippen LogP) is 5.31. The molecule has 1 aliphatic rings. The van der Waals surface area contributed by atoms with Crippen LogP contribution < -0.4 is 4.90 Å². The van der Waals surface area contributed by atoms with Crippen LogP contribution in [-0.2, 0) is 0 Å². The Labute approximate surface area is 156 Å². The van der Waals surface area contributed by atoms with Crippen LogP contribution in [0.5, 0.6) is 0 Å². The van der Waals surface area contributed by atoms with Crippen molar-refractivity contribution in [2.75, 3.05) is 4.90 Å². The molecule has 0 N–H and O–H groups in total. The molecule has 0 saturated heterocycles. The van der Waals surface area contributed by atoms with E-state index in [1.54, 1.807) is 24.3 Å². The molecule has 128 valence electrons. The summed E-state index contributed by atoms with van der Waals surface area (Å²) in [7, 11) is 0. The van der Waals surface area contributed by atoms with Crippen molar-refractivity contribution in [3.8, 4) is 11.1 Å². The minimum atomic E-state index is -0.270. The van der Waals surface area contributed by atoms with E-state index in [-0.39, 0.29) is 11.8 Å². The van der Waals surface area contributed by atoms with E-state index >= 15 is 0 Å². The van der Waals surface area contributed by atoms with Gasteiger partial charge in [-0.2, -0.15) is 0 Å². The van der Waals surface area contributed by atoms with Gasteiger partial charge in [0, 0.05) is 0 Å². The quantitative estimate of drug-likeness (QED) is 0.460. The van der Waals surface area contributed by atoms with Crippen LogP contribution in [-0.4, -0.2) is 11.8 Å². The Balaban J connectivity index is 1.55. The summed E-state index contributed by atoms with van der Waals surface area (Å²) < 4.78 is 0. The van der Waals surface area contributed by atoms with E-state index in [0.717, 1.165) is 11.1 Å². The third-order valence-electron chi connectivity index (χ3n) is 5.02. The van der Waals surface area contributed by atoms with Gasteiger partial charge in [-0.15, -0.1) is 0 Å². The molecule has 3 nitrogen and oxygen atoms in total. The first-order valence-electron chi connectivity index (χ1n) is 8.80. The largest absolute Gasteiger partial charge is 0.268 e. The molecule has 0 saturated carbocycles. The van der Waals surface area contributed by atoms with Gasteiger partial charge in [-0.3, -0.25) is 9.59 Å². The van der Waals surface area contributed by atoms with Gasteiger partial charge in [0.25, 0.3) is 11.8 Å². The SMILES string of the molecule is O=C1c2ccccc2C(=O)N1c1ccc(-c2cccc3ccccc23)cc1. The molecule has 4 aromatic carbocycles. The Kier molecular flexibility index (Phi) is 3.41. The molecule has 27 heavy (non-hydrogen) atoms. The molecule has 0 spiro atoms. The van der Waals surface area contributed by atoms with Crippen LogP contribution in [0.25, 0.3) is 21.9 Å². The predicted molar refractivity (Wildman–Crippen MR) is 107 cm³/mol. The molecule has 3 heteroatoms. The summed E-state index contributed by atoms with van der Waals surface area (Å²) in [4.78, 5) is 26.5. The Morgan fingerprint density at radius 3 is 1.78 bits per heavy atom. The number of anilines is 1. The lowest BCUT2D eigenvalue weighted by molar-refractivity contribution is 0.0926. The fourth-order valence-corrected chi connectivity index (χ4v) is 3.69. The zero-order valence-electron chi connectivity index (χ0n) is 14.4. The van der Waals surface area contributed by atoms with E-state index in [1.165, 1.54) is 15.7 Å². The van der Waals surface area contributed by atoms with Gasteiger partial charge < -0.3 is 0 Å². The van der Waals surface area contributed by atoms with E-state index in [9.17, 15) is 9.59 Å². The lowest BCUT2D eigenvalue weighted by Crippen LogP contribution is -2.29. The zero-order valence-corrected chi connectivity index (χ0v) is 14.4. The number of nitrogens with zero attached hydrogens (tertiary/aromatic N) is 1. The van der Waals surface area contributed by atoms with Crippen LogP contribution in [0.2, 0.25) is 0 Å². The molecule has 4 aromatic rings. The molecule has 0 unspecified atom stereocenters. The van der Waals surface area contributed by atoms with Crippen LogP contribution in [0.1, 0.15) is 20.7 Å². The summed E-state index contributed by atoms with van der Waals surface area (Å²) in [5, 5.41) is 2.35. The minimum absolute atomic E-state index is 0.270. The zero-order chi connectivity index (χ0) is 18.4. The monoisotopic (exact) mass is 349 g/mol. The number of benzene rings is 4. The molecule has 0 atom stereocenters. The lowest BCUT2D eigenvalue weighted by atomic mass is 9.98. The third kappa shape index (κ3) is 2.36. The second-order valence-corrected chi connectivity index (χ2v) is 6.56. The van der Waals surface area contributed by atoms with E-state index < -0.39 is 0 Å². The van der Waals surface area contributed by atoms with Gasteiger partial charge >= 0.3 is 0 Å². The first-order chi connectivity index (χ1) is 13.2. The van der Waals surface area contributed by atoms with Crippen molar-refractivity contribution < 1.29 is 9.59 Å². The summed E-state index contributed by atoms with van der Waals surface area (Å²) in [6, 6.07) is 29.0. The summed E-state index contributed by atoms with van der Waals surface area (Å²) in [6.45, 7) is 0. The highest BCUT2D eigenvalue weighted by molar-refractivity contribution is 6.34. The van der Waals surface area contributed by atoms with Gasteiger partial charge in [0.1, 0.15) is 0 Å². The standard InChI is InChI=1S/C24H15NO2/c26-23-21-9-3-4-10-22(21)24(27)25(23)18-14-12-17(13-15-18)20-11-5-7-16-6-1-2-8-19(16)20/h1-15H. The van der Waals surface area contributed by atoms with Crippen molar-refractivity contribution in [1.82, 2.24) is 0 Å². The highest BCUT2D eigenvalue weighted by Gasteiger charge is 2.36. The molecule has 0 radical (unpaired) electrons. The van der Waals surface area contributed by atoms with Crippen LogP contribution >= 0.6 is 0 Å². The second kappa shape index (κ2) is 5.92. The Morgan fingerprint density at radius 1 is 0.519 bits per heavy atom. The summed E-state index contributed by atoms with van der Waals surface area (Å²) in [5.74, 6) is -0.540. The van der Waals surface area contributed by atoms with E-state index in [4.69, 9.17) is 0 Å². The van der Waals surface area contributed by atoms with Crippen LogP contribution in [0.3, 0.4) is 0 Å². The van der Waals surface area contributed by atoms with Crippen molar-refractivity contribution in [1.29, 1.82) is 0 Å². The maximum Gasteiger partial charge on any atom is 0.266 e. The number of rotatable bonds is 2. The van der Waals surface area contributed by atoms with Crippen molar-refractivity contribution in [2.45, 2.75) is 0 Å². The smallest absolute Gasteiger partial charge is 0.266 e. The number of hydrogen-bond acceptors (Lipinski definition) is 2. The summed E-state index contributed by atoms with van der Waals surface area (Å²) in [5.41, 5.74) is 3.68. The number of hydrogen-bond donors (Lipinski definition) is 0. The number of amides is 2. The van der Waals surface area contributed by atoms with Crippen molar-refractivity contribution >= 4 is 28.3 Å². The molecule has 1 aliphatic heterocycles. The third-order valence-corrected chi connectivity index (χ3v) is 5.02. The Bertz CT molecular complexity index is 1170. The van der Waals surface area contributed by atoms with Gasteiger partial charge in [-0.1, -0.05) is 66.7 Å². The van der Waals surface area contributed by atoms with Gasteiger partial charge in [0.2, 0.25) is 0 Å².